The van der Waals surface area contributed by atoms with Crippen LogP contribution in [-0.4, -0.2) is 57.1 Å². The van der Waals surface area contributed by atoms with Crippen molar-refractivity contribution in [1.82, 2.24) is 25.0 Å². The number of rotatable bonds is 4. The zero-order valence-electron chi connectivity index (χ0n) is 13.7. The molecule has 0 unspecified atom stereocenters. The number of aromatic nitrogens is 3. The average molecular weight is 305 g/mol. The molecule has 2 saturated heterocycles. The lowest BCUT2D eigenvalue weighted by Crippen LogP contribution is -2.39. The van der Waals surface area contributed by atoms with E-state index in [9.17, 15) is 4.79 Å². The van der Waals surface area contributed by atoms with Gasteiger partial charge in [0.1, 0.15) is 5.82 Å². The topological polar surface area (TPSA) is 65.1 Å². The van der Waals surface area contributed by atoms with Gasteiger partial charge < -0.3 is 4.90 Å². The van der Waals surface area contributed by atoms with Crippen LogP contribution >= 0.6 is 0 Å². The van der Waals surface area contributed by atoms with Gasteiger partial charge in [-0.3, -0.25) is 14.8 Å². The minimum Gasteiger partial charge on any atom is -0.343 e. The zero-order chi connectivity index (χ0) is 15.5. The number of likely N-dealkylation sites (tertiary alicyclic amines) is 2. The van der Waals surface area contributed by atoms with Crippen LogP contribution in [0.15, 0.2) is 0 Å². The van der Waals surface area contributed by atoms with E-state index < -0.39 is 0 Å². The minimum absolute atomic E-state index is 0.277. The van der Waals surface area contributed by atoms with Crippen molar-refractivity contribution in [2.45, 2.75) is 52.0 Å². The van der Waals surface area contributed by atoms with Gasteiger partial charge in [-0.15, -0.1) is 0 Å². The molecule has 2 fully saturated rings. The summed E-state index contributed by atoms with van der Waals surface area (Å²) in [5.41, 5.74) is 0. The van der Waals surface area contributed by atoms with Crippen LogP contribution in [0.1, 0.15) is 56.7 Å². The van der Waals surface area contributed by atoms with E-state index >= 15 is 0 Å². The lowest BCUT2D eigenvalue weighted by atomic mass is 9.99. The number of nitrogens with one attached hydrogen (secondary N) is 1. The van der Waals surface area contributed by atoms with Crippen LogP contribution < -0.4 is 0 Å². The number of carbonyl (C=O) groups is 1. The molecule has 22 heavy (non-hydrogen) atoms. The summed E-state index contributed by atoms with van der Waals surface area (Å²) in [5.74, 6) is 2.82. The number of hydrogen-bond acceptors (Lipinski definition) is 4. The van der Waals surface area contributed by atoms with Gasteiger partial charge in [0, 0.05) is 26.1 Å². The number of amides is 1. The molecule has 2 aliphatic rings. The predicted octanol–water partition coefficient (Wildman–Crippen LogP) is 1.90. The number of piperidine rings is 1. The Morgan fingerprint density at radius 2 is 2.05 bits per heavy atom. The van der Waals surface area contributed by atoms with Crippen LogP contribution in [0.3, 0.4) is 0 Å². The number of carbonyl (C=O) groups excluding carboxylic acids is 1. The zero-order valence-corrected chi connectivity index (χ0v) is 13.7. The van der Waals surface area contributed by atoms with E-state index in [1.54, 1.807) is 0 Å². The number of nitrogens with zero attached hydrogens (tertiary/aromatic N) is 4. The Balaban J connectivity index is 1.51. The molecular formula is C16H27N5O. The van der Waals surface area contributed by atoms with E-state index in [2.05, 4.69) is 27.0 Å². The van der Waals surface area contributed by atoms with Crippen LogP contribution in [0.5, 0.6) is 0 Å². The second kappa shape index (κ2) is 6.77. The third kappa shape index (κ3) is 3.48. The highest BCUT2D eigenvalue weighted by atomic mass is 16.2. The van der Waals surface area contributed by atoms with Crippen molar-refractivity contribution in [3.8, 4) is 0 Å². The second-order valence-electron chi connectivity index (χ2n) is 6.79. The molecule has 6 nitrogen and oxygen atoms in total. The summed E-state index contributed by atoms with van der Waals surface area (Å²) in [6.45, 7) is 7.94. The van der Waals surface area contributed by atoms with E-state index in [-0.39, 0.29) is 6.04 Å². The summed E-state index contributed by atoms with van der Waals surface area (Å²) in [7, 11) is 0. The Labute approximate surface area is 132 Å². The van der Waals surface area contributed by atoms with Crippen molar-refractivity contribution in [1.29, 1.82) is 0 Å². The monoisotopic (exact) mass is 305 g/mol. The molecular weight excluding hydrogens is 278 g/mol. The molecule has 1 aromatic heterocycles. The summed E-state index contributed by atoms with van der Waals surface area (Å²) >= 11 is 0. The van der Waals surface area contributed by atoms with E-state index in [4.69, 9.17) is 0 Å². The Hall–Kier alpha value is -1.43. The fourth-order valence-corrected chi connectivity index (χ4v) is 3.55. The fraction of sp³-hybridized carbons (Fsp3) is 0.812. The molecule has 0 saturated carbocycles. The van der Waals surface area contributed by atoms with Crippen LogP contribution in [-0.2, 0) is 4.79 Å². The quantitative estimate of drug-likeness (QED) is 0.922. The first-order valence-corrected chi connectivity index (χ1v) is 8.54. The van der Waals surface area contributed by atoms with Gasteiger partial charge in [0.05, 0.1) is 6.04 Å². The predicted molar refractivity (Wildman–Crippen MR) is 84.3 cm³/mol. The molecule has 3 heterocycles. The molecule has 1 aromatic rings. The van der Waals surface area contributed by atoms with E-state index in [1.165, 1.54) is 0 Å². The van der Waals surface area contributed by atoms with Gasteiger partial charge >= 0.3 is 0 Å². The molecule has 0 aliphatic carbocycles. The minimum atomic E-state index is 0.277. The average Bonchev–Trinajstić information content (AvgIpc) is 3.14. The van der Waals surface area contributed by atoms with Gasteiger partial charge in [-0.1, -0.05) is 6.92 Å². The fourth-order valence-electron chi connectivity index (χ4n) is 3.55. The van der Waals surface area contributed by atoms with Crippen LogP contribution in [0, 0.1) is 12.8 Å². The van der Waals surface area contributed by atoms with Gasteiger partial charge in [0.2, 0.25) is 5.91 Å². The number of aromatic amines is 1. The highest BCUT2D eigenvalue weighted by Crippen LogP contribution is 2.29. The van der Waals surface area contributed by atoms with Gasteiger partial charge in [0.15, 0.2) is 5.82 Å². The maximum Gasteiger partial charge on any atom is 0.223 e. The van der Waals surface area contributed by atoms with Crippen molar-refractivity contribution in [2.24, 2.45) is 5.92 Å². The molecule has 6 heteroatoms. The molecule has 3 rings (SSSR count). The molecule has 0 bridgehead atoms. The Kier molecular flexibility index (Phi) is 4.76. The summed E-state index contributed by atoms with van der Waals surface area (Å²) < 4.78 is 0. The Morgan fingerprint density at radius 1 is 1.27 bits per heavy atom. The summed E-state index contributed by atoms with van der Waals surface area (Å²) in [6, 6.07) is 0.277. The van der Waals surface area contributed by atoms with Gasteiger partial charge in [-0.2, -0.15) is 5.10 Å². The maximum atomic E-state index is 12.4. The molecule has 1 atom stereocenters. The smallest absolute Gasteiger partial charge is 0.223 e. The van der Waals surface area contributed by atoms with Crippen molar-refractivity contribution < 1.29 is 4.79 Å². The van der Waals surface area contributed by atoms with Crippen molar-refractivity contribution >= 4 is 5.91 Å². The van der Waals surface area contributed by atoms with Crippen LogP contribution in [0.2, 0.25) is 0 Å². The standard InChI is InChI=1S/C16H27N5O/c1-12-5-9-21(10-6-12)15(22)7-11-20-8-3-4-14(20)16-17-13(2)18-19-16/h12,14H,3-11H2,1-2H3,(H,17,18,19)/t14-/m1/s1. The van der Waals surface area contributed by atoms with Gasteiger partial charge in [0.25, 0.3) is 0 Å². The summed E-state index contributed by atoms with van der Waals surface area (Å²) in [5, 5.41) is 7.22. The number of hydrogen-bond donors (Lipinski definition) is 1. The Bertz CT molecular complexity index is 506. The third-order valence-electron chi connectivity index (χ3n) is 5.03. The first kappa shape index (κ1) is 15.5. The van der Waals surface area contributed by atoms with Crippen LogP contribution in [0.25, 0.3) is 0 Å². The molecule has 1 N–H and O–H groups in total. The van der Waals surface area contributed by atoms with E-state index in [0.29, 0.717) is 12.3 Å². The van der Waals surface area contributed by atoms with E-state index in [1.807, 2.05) is 11.8 Å². The maximum absolute atomic E-state index is 12.4. The molecule has 2 aliphatic heterocycles. The van der Waals surface area contributed by atoms with Gasteiger partial charge in [-0.25, -0.2) is 4.98 Å². The van der Waals surface area contributed by atoms with E-state index in [0.717, 1.165) is 69.4 Å². The first-order valence-electron chi connectivity index (χ1n) is 8.54. The van der Waals surface area contributed by atoms with Crippen molar-refractivity contribution in [3.63, 3.8) is 0 Å². The second-order valence-corrected chi connectivity index (χ2v) is 6.79. The summed E-state index contributed by atoms with van der Waals surface area (Å²) in [6.07, 6.45) is 5.16. The highest BCUT2D eigenvalue weighted by Gasteiger charge is 2.30. The number of H-pyrrole nitrogens is 1. The number of aryl methyl sites for hydroxylation is 1. The molecule has 0 spiro atoms. The normalized spacial score (nSPS) is 24.1. The van der Waals surface area contributed by atoms with Crippen LogP contribution in [0.4, 0.5) is 0 Å². The lowest BCUT2D eigenvalue weighted by molar-refractivity contribution is -0.132. The lowest BCUT2D eigenvalue weighted by Gasteiger charge is -2.31. The first-order chi connectivity index (χ1) is 10.6. The SMILES string of the molecule is Cc1nc([C@H]2CCCN2CCC(=O)N2CCC(C)CC2)n[nH]1. The third-order valence-corrected chi connectivity index (χ3v) is 5.03. The molecule has 0 aromatic carbocycles. The molecule has 1 amide bonds. The van der Waals surface area contributed by atoms with Gasteiger partial charge in [-0.05, 0) is 45.1 Å². The molecule has 0 radical (unpaired) electrons. The van der Waals surface area contributed by atoms with Crippen molar-refractivity contribution in [2.75, 3.05) is 26.2 Å². The Morgan fingerprint density at radius 3 is 2.73 bits per heavy atom. The van der Waals surface area contributed by atoms with Crippen molar-refractivity contribution in [3.05, 3.63) is 11.6 Å². The summed E-state index contributed by atoms with van der Waals surface area (Å²) in [4.78, 5) is 21.2. The largest absolute Gasteiger partial charge is 0.343 e. The molecule has 122 valence electrons. The highest BCUT2D eigenvalue weighted by molar-refractivity contribution is 5.76.